The van der Waals surface area contributed by atoms with Gasteiger partial charge in [0.2, 0.25) is 0 Å². The number of hydrogen-bond donors (Lipinski definition) is 0. The van der Waals surface area contributed by atoms with Gasteiger partial charge in [0, 0.05) is 0 Å². The highest BCUT2D eigenvalue weighted by atomic mass is 16.6. The number of rotatable bonds is 2. The molecule has 0 spiro atoms. The highest BCUT2D eigenvalue weighted by Crippen LogP contribution is 1.96. The molecule has 0 fully saturated rings. The first-order valence-electron chi connectivity index (χ1n) is 6.24. The zero-order chi connectivity index (χ0) is 15.4. The van der Waals surface area contributed by atoms with Crippen LogP contribution in [0.15, 0.2) is 46.6 Å². The Morgan fingerprint density at radius 2 is 0.950 bits per heavy atom. The molecule has 0 radical (unpaired) electrons. The van der Waals surface area contributed by atoms with Crippen molar-refractivity contribution in [1.29, 1.82) is 0 Å². The number of azo groups is 1. The van der Waals surface area contributed by atoms with E-state index < -0.39 is 12.2 Å². The fourth-order valence-electron chi connectivity index (χ4n) is 0.917. The average molecular weight is 280 g/mol. The third kappa shape index (κ3) is 12.2. The Balaban J connectivity index is 0.000000493. The van der Waals surface area contributed by atoms with Crippen LogP contribution in [0.1, 0.15) is 27.7 Å². The van der Waals surface area contributed by atoms with E-state index in [1.807, 2.05) is 36.4 Å². The minimum Gasteiger partial charge on any atom is -0.444 e. The number of ether oxygens (including phenoxy) is 2. The quantitative estimate of drug-likeness (QED) is 0.760. The first-order valence-corrected chi connectivity index (χ1v) is 6.24. The average Bonchev–Trinajstić information content (AvgIpc) is 2.38. The van der Waals surface area contributed by atoms with Gasteiger partial charge in [0.15, 0.2) is 0 Å². The van der Waals surface area contributed by atoms with Crippen molar-refractivity contribution in [3.63, 3.8) is 0 Å². The van der Waals surface area contributed by atoms with Gasteiger partial charge in [-0.05, 0) is 27.7 Å². The molecule has 0 atom stereocenters. The zero-order valence-corrected chi connectivity index (χ0v) is 12.1. The summed E-state index contributed by atoms with van der Waals surface area (Å²) >= 11 is 0. The minimum absolute atomic E-state index is 0.289. The molecular weight excluding hydrogens is 260 g/mol. The fraction of sp³-hybridized carbons (Fsp3) is 0.429. The van der Waals surface area contributed by atoms with Gasteiger partial charge in [-0.1, -0.05) is 46.6 Å². The number of amides is 2. The molecule has 0 saturated heterocycles. The highest BCUT2D eigenvalue weighted by molar-refractivity contribution is 5.73. The number of carbonyl (C=O) groups excluding carboxylic acids is 2. The van der Waals surface area contributed by atoms with Crippen LogP contribution in [0.3, 0.4) is 0 Å². The summed E-state index contributed by atoms with van der Waals surface area (Å²) in [6, 6.07) is 12.0. The summed E-state index contributed by atoms with van der Waals surface area (Å²) in [6.45, 7) is 6.67. The first kappa shape index (κ1) is 17.8. The number of carbonyl (C=O) groups is 2. The molecule has 0 aliphatic carbocycles. The van der Waals surface area contributed by atoms with E-state index in [0.29, 0.717) is 0 Å². The molecule has 1 aromatic carbocycles. The smallest absolute Gasteiger partial charge is 0.444 e. The standard InChI is InChI=1S/C8H14N2O4.C6H6/c1-5(2)13-7(11)9-10-8(12)14-6(3)4;1-2-4-6-5-3-1/h5-6H,1-4H3;1-6H. The Kier molecular flexibility index (Phi) is 9.47. The van der Waals surface area contributed by atoms with Crippen molar-refractivity contribution in [2.24, 2.45) is 10.2 Å². The maximum atomic E-state index is 10.8. The lowest BCUT2D eigenvalue weighted by Gasteiger charge is -2.03. The second-order valence-electron chi connectivity index (χ2n) is 4.22. The molecule has 2 amide bonds. The monoisotopic (exact) mass is 280 g/mol. The Morgan fingerprint density at radius 1 is 0.700 bits per heavy atom. The zero-order valence-electron chi connectivity index (χ0n) is 12.1. The summed E-state index contributed by atoms with van der Waals surface area (Å²) in [4.78, 5) is 21.5. The van der Waals surface area contributed by atoms with Crippen LogP contribution in [0, 0.1) is 0 Å². The van der Waals surface area contributed by atoms with E-state index in [1.54, 1.807) is 27.7 Å². The number of benzene rings is 1. The van der Waals surface area contributed by atoms with E-state index >= 15 is 0 Å². The van der Waals surface area contributed by atoms with Crippen LogP contribution in [-0.4, -0.2) is 24.4 Å². The molecule has 0 unspecified atom stereocenters. The molecule has 6 heteroatoms. The Hall–Kier alpha value is -2.24. The van der Waals surface area contributed by atoms with E-state index in [-0.39, 0.29) is 12.2 Å². The van der Waals surface area contributed by atoms with Crippen LogP contribution in [0.4, 0.5) is 9.59 Å². The summed E-state index contributed by atoms with van der Waals surface area (Å²) in [5.74, 6) is 0. The Labute approximate surface area is 118 Å². The van der Waals surface area contributed by atoms with Gasteiger partial charge >= 0.3 is 12.2 Å². The molecule has 0 aliphatic heterocycles. The lowest BCUT2D eigenvalue weighted by molar-refractivity contribution is 0.115. The normalized spacial score (nSPS) is 10.1. The maximum Gasteiger partial charge on any atom is 0.452 e. The molecule has 1 aromatic rings. The summed E-state index contributed by atoms with van der Waals surface area (Å²) in [7, 11) is 0. The van der Waals surface area contributed by atoms with E-state index in [2.05, 4.69) is 19.7 Å². The van der Waals surface area contributed by atoms with E-state index in [1.165, 1.54) is 0 Å². The van der Waals surface area contributed by atoms with Gasteiger partial charge < -0.3 is 9.47 Å². The van der Waals surface area contributed by atoms with Crippen LogP contribution in [0.5, 0.6) is 0 Å². The predicted octanol–water partition coefficient (Wildman–Crippen LogP) is 4.22. The van der Waals surface area contributed by atoms with Crippen molar-refractivity contribution in [2.45, 2.75) is 39.9 Å². The van der Waals surface area contributed by atoms with Crippen LogP contribution < -0.4 is 0 Å². The molecule has 20 heavy (non-hydrogen) atoms. The third-order valence-electron chi connectivity index (χ3n) is 1.55. The van der Waals surface area contributed by atoms with E-state index in [0.717, 1.165) is 0 Å². The summed E-state index contributed by atoms with van der Waals surface area (Å²) in [6.07, 6.45) is -2.38. The van der Waals surface area contributed by atoms with Crippen molar-refractivity contribution >= 4 is 12.2 Å². The van der Waals surface area contributed by atoms with Gasteiger partial charge in [-0.3, -0.25) is 0 Å². The molecule has 0 N–H and O–H groups in total. The van der Waals surface area contributed by atoms with Gasteiger partial charge in [-0.15, -0.1) is 0 Å². The van der Waals surface area contributed by atoms with E-state index in [9.17, 15) is 9.59 Å². The molecule has 1 rings (SSSR count). The highest BCUT2D eigenvalue weighted by Gasteiger charge is 2.06. The van der Waals surface area contributed by atoms with Crippen molar-refractivity contribution in [3.8, 4) is 0 Å². The van der Waals surface area contributed by atoms with Crippen molar-refractivity contribution in [1.82, 2.24) is 0 Å². The van der Waals surface area contributed by atoms with Crippen LogP contribution in [0.25, 0.3) is 0 Å². The topological polar surface area (TPSA) is 77.3 Å². The lowest BCUT2D eigenvalue weighted by Crippen LogP contribution is -2.09. The second-order valence-corrected chi connectivity index (χ2v) is 4.22. The van der Waals surface area contributed by atoms with Gasteiger partial charge in [-0.2, -0.15) is 0 Å². The van der Waals surface area contributed by atoms with Crippen molar-refractivity contribution < 1.29 is 19.1 Å². The van der Waals surface area contributed by atoms with Crippen LogP contribution in [0.2, 0.25) is 0 Å². The molecule has 0 bridgehead atoms. The Morgan fingerprint density at radius 3 is 1.15 bits per heavy atom. The summed E-state index contributed by atoms with van der Waals surface area (Å²) in [5, 5.41) is 6.01. The number of hydrogen-bond acceptors (Lipinski definition) is 4. The molecule has 0 aromatic heterocycles. The fourth-order valence-corrected chi connectivity index (χ4v) is 0.917. The summed E-state index contributed by atoms with van der Waals surface area (Å²) < 4.78 is 9.20. The SMILES string of the molecule is CC(C)OC(=O)N=NC(=O)OC(C)C.c1ccccc1. The maximum absolute atomic E-state index is 10.8. The molecular formula is C14H20N2O4. The summed E-state index contributed by atoms with van der Waals surface area (Å²) in [5.41, 5.74) is 0. The Bertz CT molecular complexity index is 366. The van der Waals surface area contributed by atoms with Gasteiger partial charge in [0.1, 0.15) is 0 Å². The molecule has 6 nitrogen and oxygen atoms in total. The van der Waals surface area contributed by atoms with Crippen molar-refractivity contribution in [3.05, 3.63) is 36.4 Å². The molecule has 0 heterocycles. The largest absolute Gasteiger partial charge is 0.452 e. The van der Waals surface area contributed by atoms with Gasteiger partial charge in [0.05, 0.1) is 12.2 Å². The molecule has 110 valence electrons. The van der Waals surface area contributed by atoms with Gasteiger partial charge in [0.25, 0.3) is 0 Å². The van der Waals surface area contributed by atoms with Gasteiger partial charge in [-0.25, -0.2) is 9.59 Å². The molecule has 0 saturated carbocycles. The number of nitrogens with zero attached hydrogens (tertiary/aromatic N) is 2. The van der Waals surface area contributed by atoms with Crippen molar-refractivity contribution in [2.75, 3.05) is 0 Å². The lowest BCUT2D eigenvalue weighted by atomic mass is 10.4. The minimum atomic E-state index is -0.902. The second kappa shape index (κ2) is 10.7. The van der Waals surface area contributed by atoms with Crippen LogP contribution in [-0.2, 0) is 9.47 Å². The first-order chi connectivity index (χ1) is 9.41. The third-order valence-corrected chi connectivity index (χ3v) is 1.55. The predicted molar refractivity (Wildman–Crippen MR) is 74.5 cm³/mol. The van der Waals surface area contributed by atoms with E-state index in [4.69, 9.17) is 0 Å². The molecule has 0 aliphatic rings. The van der Waals surface area contributed by atoms with Crippen LogP contribution >= 0.6 is 0 Å².